The molecule has 1 N–H and O–H groups in total. The summed E-state index contributed by atoms with van der Waals surface area (Å²) in [5.41, 5.74) is 2.73. The number of anilines is 1. The number of rotatable bonds is 3. The van der Waals surface area contributed by atoms with Crippen LogP contribution in [-0.2, 0) is 6.54 Å². The maximum Gasteiger partial charge on any atom is 0.126 e. The van der Waals surface area contributed by atoms with Crippen molar-refractivity contribution in [2.24, 2.45) is 0 Å². The number of aryl methyl sites for hydroxylation is 1. The maximum atomic E-state index is 13.1. The lowest BCUT2D eigenvalue weighted by Crippen LogP contribution is -2.01. The first kappa shape index (κ1) is 13.6. The Bertz CT molecular complexity index is 570. The fourth-order valence-electron chi connectivity index (χ4n) is 1.65. The van der Waals surface area contributed by atoms with Crippen LogP contribution in [0.2, 0.25) is 0 Å². The number of hydrogen-bond acceptors (Lipinski definition) is 1. The Kier molecular flexibility index (Phi) is 4.40. The van der Waals surface area contributed by atoms with E-state index in [2.05, 4.69) is 37.2 Å². The normalized spacial score (nSPS) is 10.4. The zero-order chi connectivity index (χ0) is 13.1. The van der Waals surface area contributed by atoms with Crippen molar-refractivity contribution in [3.63, 3.8) is 0 Å². The second-order valence-corrected chi connectivity index (χ2v) is 5.83. The summed E-state index contributed by atoms with van der Waals surface area (Å²) in [7, 11) is 0. The van der Waals surface area contributed by atoms with Crippen molar-refractivity contribution in [1.29, 1.82) is 0 Å². The molecule has 0 aliphatic rings. The van der Waals surface area contributed by atoms with Crippen LogP contribution in [0.25, 0.3) is 0 Å². The molecule has 1 nitrogen and oxygen atoms in total. The quantitative estimate of drug-likeness (QED) is 0.773. The topological polar surface area (TPSA) is 12.0 Å². The van der Waals surface area contributed by atoms with Gasteiger partial charge >= 0.3 is 0 Å². The number of nitrogens with one attached hydrogen (secondary N) is 1. The highest BCUT2D eigenvalue weighted by Gasteiger charge is 2.02. The van der Waals surface area contributed by atoms with Crippen molar-refractivity contribution in [3.8, 4) is 0 Å². The zero-order valence-electron chi connectivity index (χ0n) is 9.81. The average Bonchev–Trinajstić information content (AvgIpc) is 2.34. The van der Waals surface area contributed by atoms with E-state index in [1.54, 1.807) is 13.0 Å². The van der Waals surface area contributed by atoms with Gasteiger partial charge in [-0.2, -0.15) is 0 Å². The van der Waals surface area contributed by atoms with Crippen molar-refractivity contribution < 1.29 is 4.39 Å². The summed E-state index contributed by atoms with van der Waals surface area (Å²) >= 11 is 6.92. The van der Waals surface area contributed by atoms with Gasteiger partial charge in [0, 0.05) is 21.2 Å². The van der Waals surface area contributed by atoms with E-state index in [4.69, 9.17) is 0 Å². The highest BCUT2D eigenvalue weighted by Crippen LogP contribution is 2.26. The molecule has 0 saturated carbocycles. The highest BCUT2D eigenvalue weighted by atomic mass is 79.9. The van der Waals surface area contributed by atoms with Crippen molar-refractivity contribution in [3.05, 3.63) is 62.3 Å². The van der Waals surface area contributed by atoms with Crippen LogP contribution < -0.4 is 5.32 Å². The Balaban J connectivity index is 2.11. The van der Waals surface area contributed by atoms with E-state index in [1.807, 2.05) is 24.3 Å². The van der Waals surface area contributed by atoms with Gasteiger partial charge in [0.05, 0.1) is 0 Å². The number of halogens is 3. The first-order chi connectivity index (χ1) is 8.56. The number of hydrogen-bond donors (Lipinski definition) is 1. The molecule has 2 aromatic rings. The lowest BCUT2D eigenvalue weighted by Gasteiger charge is -2.10. The standard InChI is InChI=1S/C14H12Br2FN/c1-9-6-10(2-5-13(9)17)8-18-14-7-11(15)3-4-12(14)16/h2-7,18H,8H2,1H3. The summed E-state index contributed by atoms with van der Waals surface area (Å²) in [5.74, 6) is -0.164. The molecule has 0 aliphatic carbocycles. The fourth-order valence-corrected chi connectivity index (χ4v) is 2.39. The Morgan fingerprint density at radius 2 is 1.89 bits per heavy atom. The molecule has 4 heteroatoms. The van der Waals surface area contributed by atoms with E-state index in [1.165, 1.54) is 6.07 Å². The molecule has 0 spiro atoms. The lowest BCUT2D eigenvalue weighted by atomic mass is 10.1. The van der Waals surface area contributed by atoms with Gasteiger partial charge in [0.2, 0.25) is 0 Å². The molecule has 2 rings (SSSR count). The van der Waals surface area contributed by atoms with Crippen molar-refractivity contribution >= 4 is 37.5 Å². The predicted octanol–water partition coefficient (Wildman–Crippen LogP) is 5.27. The van der Waals surface area contributed by atoms with E-state index in [0.717, 1.165) is 20.2 Å². The minimum atomic E-state index is -0.164. The molecule has 0 amide bonds. The van der Waals surface area contributed by atoms with E-state index in [0.29, 0.717) is 12.1 Å². The lowest BCUT2D eigenvalue weighted by molar-refractivity contribution is 0.617. The van der Waals surface area contributed by atoms with Crippen LogP contribution in [-0.4, -0.2) is 0 Å². The third-order valence-corrected chi connectivity index (χ3v) is 3.82. The van der Waals surface area contributed by atoms with Crippen molar-refractivity contribution in [2.75, 3.05) is 5.32 Å². The van der Waals surface area contributed by atoms with Gasteiger partial charge in [-0.3, -0.25) is 0 Å². The zero-order valence-corrected chi connectivity index (χ0v) is 13.0. The van der Waals surface area contributed by atoms with E-state index < -0.39 is 0 Å². The summed E-state index contributed by atoms with van der Waals surface area (Å²) in [6, 6.07) is 11.1. The summed E-state index contributed by atoms with van der Waals surface area (Å²) < 4.78 is 15.2. The first-order valence-electron chi connectivity index (χ1n) is 5.50. The Morgan fingerprint density at radius 3 is 2.61 bits per heavy atom. The fraction of sp³-hybridized carbons (Fsp3) is 0.143. The van der Waals surface area contributed by atoms with Gasteiger partial charge in [0.25, 0.3) is 0 Å². The molecular weight excluding hydrogens is 361 g/mol. The molecule has 0 unspecified atom stereocenters. The summed E-state index contributed by atoms with van der Waals surface area (Å²) in [5, 5.41) is 3.32. The molecular formula is C14H12Br2FN. The van der Waals surface area contributed by atoms with Gasteiger partial charge in [0.15, 0.2) is 0 Å². The van der Waals surface area contributed by atoms with Crippen LogP contribution in [0.3, 0.4) is 0 Å². The molecule has 0 saturated heterocycles. The van der Waals surface area contributed by atoms with Gasteiger partial charge in [-0.05, 0) is 58.2 Å². The largest absolute Gasteiger partial charge is 0.380 e. The van der Waals surface area contributed by atoms with Crippen molar-refractivity contribution in [1.82, 2.24) is 0 Å². The van der Waals surface area contributed by atoms with Crippen LogP contribution in [0.1, 0.15) is 11.1 Å². The van der Waals surface area contributed by atoms with Crippen LogP contribution in [0.15, 0.2) is 45.3 Å². The molecule has 0 aromatic heterocycles. The third-order valence-electron chi connectivity index (χ3n) is 2.63. The van der Waals surface area contributed by atoms with E-state index in [9.17, 15) is 4.39 Å². The first-order valence-corrected chi connectivity index (χ1v) is 7.09. The van der Waals surface area contributed by atoms with Crippen LogP contribution >= 0.6 is 31.9 Å². The Hall–Kier alpha value is -0.870. The summed E-state index contributed by atoms with van der Waals surface area (Å²) in [6.45, 7) is 2.43. The molecule has 0 radical (unpaired) electrons. The van der Waals surface area contributed by atoms with Gasteiger partial charge in [-0.25, -0.2) is 4.39 Å². The van der Waals surface area contributed by atoms with Crippen molar-refractivity contribution in [2.45, 2.75) is 13.5 Å². The molecule has 94 valence electrons. The molecule has 0 atom stereocenters. The monoisotopic (exact) mass is 371 g/mol. The summed E-state index contributed by atoms with van der Waals surface area (Å²) in [6.07, 6.45) is 0. The average molecular weight is 373 g/mol. The van der Waals surface area contributed by atoms with Gasteiger partial charge < -0.3 is 5.32 Å². The maximum absolute atomic E-state index is 13.1. The Morgan fingerprint density at radius 1 is 1.11 bits per heavy atom. The number of benzene rings is 2. The van der Waals surface area contributed by atoms with Gasteiger partial charge in [-0.1, -0.05) is 28.1 Å². The minimum Gasteiger partial charge on any atom is -0.380 e. The predicted molar refractivity (Wildman–Crippen MR) is 80.3 cm³/mol. The second kappa shape index (κ2) is 5.85. The summed E-state index contributed by atoms with van der Waals surface area (Å²) in [4.78, 5) is 0. The third kappa shape index (κ3) is 3.33. The molecule has 0 bridgehead atoms. The second-order valence-electron chi connectivity index (χ2n) is 4.06. The minimum absolute atomic E-state index is 0.164. The van der Waals surface area contributed by atoms with Crippen LogP contribution in [0, 0.1) is 12.7 Å². The molecule has 0 heterocycles. The SMILES string of the molecule is Cc1cc(CNc2cc(Br)ccc2Br)ccc1F. The molecule has 0 aliphatic heterocycles. The molecule has 0 fully saturated rings. The van der Waals surface area contributed by atoms with Gasteiger partial charge in [-0.15, -0.1) is 0 Å². The highest BCUT2D eigenvalue weighted by molar-refractivity contribution is 9.11. The van der Waals surface area contributed by atoms with E-state index >= 15 is 0 Å². The molecule has 18 heavy (non-hydrogen) atoms. The van der Waals surface area contributed by atoms with Crippen LogP contribution in [0.4, 0.5) is 10.1 Å². The Labute approximate surface area is 123 Å². The smallest absolute Gasteiger partial charge is 0.126 e. The van der Waals surface area contributed by atoms with Gasteiger partial charge in [0.1, 0.15) is 5.82 Å². The molecule has 2 aromatic carbocycles. The van der Waals surface area contributed by atoms with Crippen LogP contribution in [0.5, 0.6) is 0 Å². The van der Waals surface area contributed by atoms with E-state index in [-0.39, 0.29) is 5.82 Å².